The number of alkyl halides is 3. The Morgan fingerprint density at radius 2 is 1.79 bits per heavy atom. The van der Waals surface area contributed by atoms with Crippen LogP contribution < -0.4 is 10.6 Å². The number of nitrogens with zero attached hydrogens (tertiary/aromatic N) is 2. The van der Waals surface area contributed by atoms with E-state index >= 15 is 0 Å². The van der Waals surface area contributed by atoms with Crippen molar-refractivity contribution in [2.75, 3.05) is 10.6 Å². The summed E-state index contributed by atoms with van der Waals surface area (Å²) < 4.78 is 40.0. The molecule has 0 bridgehead atoms. The third-order valence-corrected chi connectivity index (χ3v) is 4.25. The van der Waals surface area contributed by atoms with E-state index in [1.165, 1.54) is 36.8 Å². The molecule has 150 valence electrons. The van der Waals surface area contributed by atoms with Crippen LogP contribution in [-0.4, -0.2) is 21.4 Å². The number of benzene rings is 2. The Balaban J connectivity index is 1.79. The molecule has 0 radical (unpaired) electrons. The molecule has 2 aromatic carbocycles. The lowest BCUT2D eigenvalue weighted by atomic mass is 10.1. The van der Waals surface area contributed by atoms with E-state index in [0.29, 0.717) is 11.4 Å². The van der Waals surface area contributed by atoms with Crippen LogP contribution in [0.15, 0.2) is 55.0 Å². The number of hydrogen-bond donors (Lipinski definition) is 2. The summed E-state index contributed by atoms with van der Waals surface area (Å²) in [4.78, 5) is 28.7. The molecule has 3 rings (SSSR count). The fourth-order valence-corrected chi connectivity index (χ4v) is 2.64. The van der Waals surface area contributed by atoms with Gasteiger partial charge in [0.1, 0.15) is 5.69 Å². The highest BCUT2D eigenvalue weighted by Crippen LogP contribution is 2.30. The molecule has 1 heterocycles. The Morgan fingerprint density at radius 1 is 1.03 bits per heavy atom. The molecule has 0 unspecified atom stereocenters. The highest BCUT2D eigenvalue weighted by molar-refractivity contribution is 6.07. The predicted octanol–water partition coefficient (Wildman–Crippen LogP) is 4.25. The summed E-state index contributed by atoms with van der Waals surface area (Å²) in [6.07, 6.45) is -1.61. The smallest absolute Gasteiger partial charge is 0.330 e. The number of aromatic nitrogens is 2. The Morgan fingerprint density at radius 3 is 2.45 bits per heavy atom. The summed E-state index contributed by atoms with van der Waals surface area (Å²) in [7, 11) is 1.67. The lowest BCUT2D eigenvalue weighted by Gasteiger charge is -2.12. The number of amides is 2. The third-order valence-electron chi connectivity index (χ3n) is 4.25. The largest absolute Gasteiger partial charge is 0.416 e. The van der Waals surface area contributed by atoms with Gasteiger partial charge in [-0.3, -0.25) is 9.59 Å². The molecule has 0 aliphatic heterocycles. The van der Waals surface area contributed by atoms with E-state index in [0.717, 1.165) is 17.7 Å². The molecule has 0 saturated carbocycles. The SMILES string of the molecule is Cc1ccc(C(=O)Nc2cccc(C(F)(F)F)c2)cc1NC(=O)c1cncn1C. The van der Waals surface area contributed by atoms with Gasteiger partial charge in [-0.2, -0.15) is 13.2 Å². The number of aryl methyl sites for hydroxylation is 2. The number of rotatable bonds is 4. The van der Waals surface area contributed by atoms with Crippen molar-refractivity contribution in [3.05, 3.63) is 77.4 Å². The minimum atomic E-state index is -4.51. The van der Waals surface area contributed by atoms with Crippen molar-refractivity contribution >= 4 is 23.2 Å². The third kappa shape index (κ3) is 4.63. The first-order valence-corrected chi connectivity index (χ1v) is 8.52. The maximum Gasteiger partial charge on any atom is 0.416 e. The molecular weight excluding hydrogens is 385 g/mol. The van der Waals surface area contributed by atoms with Crippen LogP contribution >= 0.6 is 0 Å². The zero-order chi connectivity index (χ0) is 21.2. The summed E-state index contributed by atoms with van der Waals surface area (Å²) >= 11 is 0. The monoisotopic (exact) mass is 402 g/mol. The van der Waals surface area contributed by atoms with E-state index in [2.05, 4.69) is 15.6 Å². The van der Waals surface area contributed by atoms with Crippen molar-refractivity contribution in [1.29, 1.82) is 0 Å². The topological polar surface area (TPSA) is 76.0 Å². The zero-order valence-electron chi connectivity index (χ0n) is 15.5. The van der Waals surface area contributed by atoms with Gasteiger partial charge in [-0.15, -0.1) is 0 Å². The second kappa shape index (κ2) is 7.78. The molecule has 29 heavy (non-hydrogen) atoms. The molecule has 1 aromatic heterocycles. The normalized spacial score (nSPS) is 11.2. The van der Waals surface area contributed by atoms with E-state index in [-0.39, 0.29) is 11.3 Å². The predicted molar refractivity (Wildman–Crippen MR) is 102 cm³/mol. The van der Waals surface area contributed by atoms with Gasteiger partial charge in [-0.1, -0.05) is 12.1 Å². The Hall–Kier alpha value is -3.62. The first-order chi connectivity index (χ1) is 13.6. The Bertz CT molecular complexity index is 1070. The number of carbonyl (C=O) groups excluding carboxylic acids is 2. The maximum absolute atomic E-state index is 12.8. The average molecular weight is 402 g/mol. The molecule has 0 aliphatic rings. The molecule has 2 N–H and O–H groups in total. The van der Waals surface area contributed by atoms with Gasteiger partial charge < -0.3 is 15.2 Å². The fraction of sp³-hybridized carbons (Fsp3) is 0.150. The molecule has 2 amide bonds. The highest BCUT2D eigenvalue weighted by Gasteiger charge is 2.30. The van der Waals surface area contributed by atoms with Crippen LogP contribution in [0.5, 0.6) is 0 Å². The van der Waals surface area contributed by atoms with Crippen LogP contribution in [0.3, 0.4) is 0 Å². The minimum absolute atomic E-state index is 0.0193. The lowest BCUT2D eigenvalue weighted by molar-refractivity contribution is -0.137. The van der Waals surface area contributed by atoms with Gasteiger partial charge in [0, 0.05) is 24.0 Å². The number of nitrogens with one attached hydrogen (secondary N) is 2. The average Bonchev–Trinajstić information content (AvgIpc) is 3.09. The van der Waals surface area contributed by atoms with Gasteiger partial charge in [0.2, 0.25) is 0 Å². The van der Waals surface area contributed by atoms with Gasteiger partial charge in [-0.05, 0) is 42.8 Å². The van der Waals surface area contributed by atoms with Gasteiger partial charge in [0.25, 0.3) is 11.8 Å². The van der Waals surface area contributed by atoms with Crippen molar-refractivity contribution in [2.24, 2.45) is 7.05 Å². The van der Waals surface area contributed by atoms with Gasteiger partial charge in [0.15, 0.2) is 0 Å². The molecule has 0 saturated heterocycles. The van der Waals surface area contributed by atoms with E-state index in [4.69, 9.17) is 0 Å². The second-order valence-electron chi connectivity index (χ2n) is 6.41. The van der Waals surface area contributed by atoms with Crippen molar-refractivity contribution < 1.29 is 22.8 Å². The summed E-state index contributed by atoms with van der Waals surface area (Å²) in [5.74, 6) is -0.996. The summed E-state index contributed by atoms with van der Waals surface area (Å²) in [6, 6.07) is 8.99. The van der Waals surface area contributed by atoms with Gasteiger partial charge in [0.05, 0.1) is 18.1 Å². The standard InChI is InChI=1S/C20H17F3N4O2/c1-12-6-7-13(8-16(12)26-19(29)17-10-24-11-27(17)2)18(28)25-15-5-3-4-14(9-15)20(21,22)23/h3-11H,1-2H3,(H,25,28)(H,26,29). The van der Waals surface area contributed by atoms with Crippen LogP contribution in [0.1, 0.15) is 32.0 Å². The van der Waals surface area contributed by atoms with Crippen molar-refractivity contribution in [2.45, 2.75) is 13.1 Å². The van der Waals surface area contributed by atoms with Crippen LogP contribution in [-0.2, 0) is 13.2 Å². The highest BCUT2D eigenvalue weighted by atomic mass is 19.4. The van der Waals surface area contributed by atoms with E-state index in [9.17, 15) is 22.8 Å². The van der Waals surface area contributed by atoms with Gasteiger partial charge >= 0.3 is 6.18 Å². The first-order valence-electron chi connectivity index (χ1n) is 8.52. The molecule has 0 atom stereocenters. The van der Waals surface area contributed by atoms with Crippen LogP contribution in [0, 0.1) is 6.92 Å². The lowest BCUT2D eigenvalue weighted by Crippen LogP contribution is -2.17. The minimum Gasteiger partial charge on any atom is -0.330 e. The van der Waals surface area contributed by atoms with Gasteiger partial charge in [-0.25, -0.2) is 4.98 Å². The first kappa shape index (κ1) is 20.1. The van der Waals surface area contributed by atoms with E-state index in [1.807, 2.05) is 0 Å². The van der Waals surface area contributed by atoms with Crippen LogP contribution in [0.2, 0.25) is 0 Å². The fourth-order valence-electron chi connectivity index (χ4n) is 2.64. The van der Waals surface area contributed by atoms with Crippen molar-refractivity contribution in [3.63, 3.8) is 0 Å². The molecule has 0 fully saturated rings. The quantitative estimate of drug-likeness (QED) is 0.685. The summed E-state index contributed by atoms with van der Waals surface area (Å²) in [5, 5.41) is 5.15. The summed E-state index contributed by atoms with van der Waals surface area (Å²) in [5.41, 5.74) is 0.815. The van der Waals surface area contributed by atoms with Crippen molar-refractivity contribution in [1.82, 2.24) is 9.55 Å². The summed E-state index contributed by atoms with van der Waals surface area (Å²) in [6.45, 7) is 1.76. The molecule has 3 aromatic rings. The Kier molecular flexibility index (Phi) is 5.40. The van der Waals surface area contributed by atoms with E-state index < -0.39 is 23.6 Å². The number of anilines is 2. The number of hydrogen-bond acceptors (Lipinski definition) is 3. The number of halogens is 3. The zero-order valence-corrected chi connectivity index (χ0v) is 15.5. The van der Waals surface area contributed by atoms with Crippen LogP contribution in [0.25, 0.3) is 0 Å². The molecular formula is C20H17F3N4O2. The maximum atomic E-state index is 12.8. The van der Waals surface area contributed by atoms with Crippen LogP contribution in [0.4, 0.5) is 24.5 Å². The molecule has 0 aliphatic carbocycles. The molecule has 6 nitrogen and oxygen atoms in total. The Labute approximate surface area is 164 Å². The number of imidazole rings is 1. The number of carbonyl (C=O) groups is 2. The second-order valence-corrected chi connectivity index (χ2v) is 6.41. The molecule has 9 heteroatoms. The van der Waals surface area contributed by atoms with Crippen molar-refractivity contribution in [3.8, 4) is 0 Å². The molecule has 0 spiro atoms. The van der Waals surface area contributed by atoms with E-state index in [1.54, 1.807) is 24.6 Å².